The third-order valence-electron chi connectivity index (χ3n) is 5.06. The van der Waals surface area contributed by atoms with Gasteiger partial charge in [0.2, 0.25) is 0 Å². The summed E-state index contributed by atoms with van der Waals surface area (Å²) in [5, 5.41) is 9.08. The Morgan fingerprint density at radius 3 is 2.33 bits per heavy atom. The maximum Gasteiger partial charge on any atom is 0.406 e. The molecule has 27 heavy (non-hydrogen) atoms. The number of likely N-dealkylation sites (tertiary alicyclic amines) is 1. The minimum absolute atomic E-state index is 0.274. The van der Waals surface area contributed by atoms with Crippen LogP contribution in [0.25, 0.3) is 0 Å². The van der Waals surface area contributed by atoms with Crippen molar-refractivity contribution in [2.75, 3.05) is 13.1 Å². The number of aliphatic carboxylic acids is 1. The first-order valence-electron chi connectivity index (χ1n) is 8.75. The summed E-state index contributed by atoms with van der Waals surface area (Å²) >= 11 is 0. The van der Waals surface area contributed by atoms with Crippen LogP contribution in [-0.4, -0.2) is 47.3 Å². The van der Waals surface area contributed by atoms with Crippen molar-refractivity contribution >= 4 is 11.9 Å². The molecule has 8 heteroatoms. The summed E-state index contributed by atoms with van der Waals surface area (Å²) in [6, 6.07) is 5.38. The first-order chi connectivity index (χ1) is 12.4. The average molecular weight is 387 g/mol. The highest BCUT2D eigenvalue weighted by atomic mass is 19.4. The monoisotopic (exact) mass is 387 g/mol. The molecule has 2 atom stereocenters. The molecule has 0 spiro atoms. The fourth-order valence-corrected chi connectivity index (χ4v) is 3.41. The summed E-state index contributed by atoms with van der Waals surface area (Å²) in [5.41, 5.74) is -0.791. The van der Waals surface area contributed by atoms with Crippen molar-refractivity contribution in [3.8, 4) is 5.75 Å². The van der Waals surface area contributed by atoms with Crippen molar-refractivity contribution < 1.29 is 32.6 Å². The molecule has 1 heterocycles. The fraction of sp³-hybridized carbons (Fsp3) is 0.579. The van der Waals surface area contributed by atoms with E-state index in [1.165, 1.54) is 6.92 Å². The van der Waals surface area contributed by atoms with E-state index in [0.717, 1.165) is 16.0 Å². The number of nitrogens with zero attached hydrogens (tertiary/aromatic N) is 1. The zero-order valence-corrected chi connectivity index (χ0v) is 15.8. The summed E-state index contributed by atoms with van der Waals surface area (Å²) in [6.07, 6.45) is -6.61. The van der Waals surface area contributed by atoms with Gasteiger partial charge in [0, 0.05) is 13.1 Å². The number of carbonyl (C=O) groups is 2. The van der Waals surface area contributed by atoms with Crippen LogP contribution in [-0.2, 0) is 9.59 Å². The van der Waals surface area contributed by atoms with Gasteiger partial charge in [0.1, 0.15) is 5.75 Å². The third kappa shape index (κ3) is 4.04. The van der Waals surface area contributed by atoms with Crippen LogP contribution >= 0.6 is 0 Å². The van der Waals surface area contributed by atoms with Gasteiger partial charge in [0.25, 0.3) is 5.91 Å². The molecule has 5 nitrogen and oxygen atoms in total. The van der Waals surface area contributed by atoms with Crippen LogP contribution in [0.5, 0.6) is 5.75 Å². The van der Waals surface area contributed by atoms with Crippen molar-refractivity contribution in [2.45, 2.75) is 52.3 Å². The molecule has 1 fully saturated rings. The van der Waals surface area contributed by atoms with Crippen LogP contribution in [0.1, 0.15) is 44.2 Å². The molecule has 1 amide bonds. The Bertz CT molecular complexity index is 732. The number of aryl methyl sites for hydroxylation is 1. The van der Waals surface area contributed by atoms with E-state index in [2.05, 4.69) is 13.8 Å². The van der Waals surface area contributed by atoms with Gasteiger partial charge in [0.15, 0.2) is 11.5 Å². The maximum absolute atomic E-state index is 13.2. The van der Waals surface area contributed by atoms with E-state index >= 15 is 0 Å². The first kappa shape index (κ1) is 21.1. The number of carboxylic acid groups (broad SMARTS) is 1. The molecule has 1 aliphatic heterocycles. The van der Waals surface area contributed by atoms with Gasteiger partial charge in [-0.05, 0) is 49.4 Å². The van der Waals surface area contributed by atoms with E-state index < -0.39 is 42.5 Å². The summed E-state index contributed by atoms with van der Waals surface area (Å²) in [7, 11) is 0. The third-order valence-corrected chi connectivity index (χ3v) is 5.06. The largest absolute Gasteiger partial charge is 0.481 e. The van der Waals surface area contributed by atoms with Gasteiger partial charge in [-0.15, -0.1) is 0 Å². The highest BCUT2D eigenvalue weighted by Crippen LogP contribution is 2.45. The summed E-state index contributed by atoms with van der Waals surface area (Å²) in [4.78, 5) is 24.6. The maximum atomic E-state index is 13.2. The lowest BCUT2D eigenvalue weighted by atomic mass is 9.86. The molecule has 0 aliphatic carbocycles. The van der Waals surface area contributed by atoms with Crippen molar-refractivity contribution in [2.24, 2.45) is 5.41 Å². The molecule has 0 aromatic heterocycles. The zero-order valence-electron chi connectivity index (χ0n) is 15.8. The predicted octanol–water partition coefficient (Wildman–Crippen LogP) is 3.75. The SMILES string of the molecule is Cc1cc(OC(C)C(=O)N2CCC(C(=O)O)(C(F)(F)F)C2)ccc1C(C)C. The highest BCUT2D eigenvalue weighted by molar-refractivity contribution is 5.84. The van der Waals surface area contributed by atoms with Gasteiger partial charge in [-0.25, -0.2) is 0 Å². The fourth-order valence-electron chi connectivity index (χ4n) is 3.41. The highest BCUT2D eigenvalue weighted by Gasteiger charge is 2.64. The second-order valence-corrected chi connectivity index (χ2v) is 7.33. The van der Waals surface area contributed by atoms with Crippen LogP contribution in [0.2, 0.25) is 0 Å². The van der Waals surface area contributed by atoms with Crippen LogP contribution < -0.4 is 4.74 Å². The lowest BCUT2D eigenvalue weighted by Crippen LogP contribution is -2.49. The minimum Gasteiger partial charge on any atom is -0.481 e. The van der Waals surface area contributed by atoms with E-state index in [0.29, 0.717) is 11.7 Å². The molecule has 0 radical (unpaired) electrons. The van der Waals surface area contributed by atoms with E-state index in [9.17, 15) is 22.8 Å². The normalized spacial score (nSPS) is 21.4. The number of carbonyl (C=O) groups excluding carboxylic acids is 1. The lowest BCUT2D eigenvalue weighted by molar-refractivity contribution is -0.227. The molecule has 2 unspecified atom stereocenters. The summed E-state index contributed by atoms with van der Waals surface area (Å²) < 4.78 is 45.3. The molecule has 150 valence electrons. The molecule has 0 saturated carbocycles. The Kier molecular flexibility index (Phi) is 5.77. The average Bonchev–Trinajstić information content (AvgIpc) is 3.00. The number of carboxylic acids is 1. The van der Waals surface area contributed by atoms with Gasteiger partial charge in [-0.1, -0.05) is 19.9 Å². The summed E-state index contributed by atoms with van der Waals surface area (Å²) in [5.74, 6) is -1.85. The Morgan fingerprint density at radius 1 is 1.26 bits per heavy atom. The topological polar surface area (TPSA) is 66.8 Å². The van der Waals surface area contributed by atoms with E-state index in [1.807, 2.05) is 13.0 Å². The minimum atomic E-state index is -4.93. The number of ether oxygens (including phenoxy) is 1. The molecule has 1 N–H and O–H groups in total. The number of hydrogen-bond acceptors (Lipinski definition) is 3. The zero-order chi connectivity index (χ0) is 20.6. The van der Waals surface area contributed by atoms with Crippen molar-refractivity contribution in [1.29, 1.82) is 0 Å². The Hall–Kier alpha value is -2.25. The Morgan fingerprint density at radius 2 is 1.89 bits per heavy atom. The second kappa shape index (κ2) is 7.40. The molecule has 1 aliphatic rings. The van der Waals surface area contributed by atoms with Gasteiger partial charge < -0.3 is 14.7 Å². The Labute approximate surface area is 156 Å². The predicted molar refractivity (Wildman–Crippen MR) is 92.7 cm³/mol. The number of halogens is 3. The smallest absolute Gasteiger partial charge is 0.406 e. The number of amides is 1. The van der Waals surface area contributed by atoms with Gasteiger partial charge in [0.05, 0.1) is 0 Å². The molecular weight excluding hydrogens is 363 g/mol. The number of rotatable bonds is 5. The van der Waals surface area contributed by atoms with Crippen molar-refractivity contribution in [3.05, 3.63) is 29.3 Å². The Balaban J connectivity index is 2.10. The molecule has 1 aromatic rings. The quantitative estimate of drug-likeness (QED) is 0.836. The number of benzene rings is 1. The van der Waals surface area contributed by atoms with Crippen molar-refractivity contribution in [3.63, 3.8) is 0 Å². The standard InChI is InChI=1S/C19H24F3NO4/c1-11(2)15-6-5-14(9-12(15)3)27-13(4)16(24)23-8-7-18(10-23,17(25)26)19(20,21)22/h5-6,9,11,13H,7-8,10H2,1-4H3,(H,25,26). The molecule has 1 aromatic carbocycles. The van der Waals surface area contributed by atoms with Crippen LogP contribution in [0.15, 0.2) is 18.2 Å². The van der Waals surface area contributed by atoms with E-state index in [-0.39, 0.29) is 6.54 Å². The van der Waals surface area contributed by atoms with E-state index in [1.54, 1.807) is 12.1 Å². The first-order valence-corrected chi connectivity index (χ1v) is 8.75. The molecule has 1 saturated heterocycles. The molecular formula is C19H24F3NO4. The van der Waals surface area contributed by atoms with Crippen molar-refractivity contribution in [1.82, 2.24) is 4.90 Å². The van der Waals surface area contributed by atoms with Crippen LogP contribution in [0.4, 0.5) is 13.2 Å². The number of hydrogen-bond donors (Lipinski definition) is 1. The second-order valence-electron chi connectivity index (χ2n) is 7.33. The molecule has 0 bridgehead atoms. The number of alkyl halides is 3. The van der Waals surface area contributed by atoms with Gasteiger partial charge in [-0.3, -0.25) is 9.59 Å². The lowest BCUT2D eigenvalue weighted by Gasteiger charge is -2.28. The van der Waals surface area contributed by atoms with Gasteiger partial charge >= 0.3 is 12.1 Å². The van der Waals surface area contributed by atoms with Crippen LogP contribution in [0, 0.1) is 12.3 Å². The van der Waals surface area contributed by atoms with Gasteiger partial charge in [-0.2, -0.15) is 13.2 Å². The van der Waals surface area contributed by atoms with Crippen LogP contribution in [0.3, 0.4) is 0 Å². The molecule has 2 rings (SSSR count). The summed E-state index contributed by atoms with van der Waals surface area (Å²) in [6.45, 7) is 6.30. The van der Waals surface area contributed by atoms with E-state index in [4.69, 9.17) is 9.84 Å².